The van der Waals surface area contributed by atoms with Gasteiger partial charge in [-0.1, -0.05) is 32.9 Å². The molecule has 0 saturated carbocycles. The van der Waals surface area contributed by atoms with Gasteiger partial charge in [-0.05, 0) is 40.8 Å². The van der Waals surface area contributed by atoms with Crippen LogP contribution in [0.15, 0.2) is 42.7 Å². The highest BCUT2D eigenvalue weighted by Crippen LogP contribution is 2.36. The lowest BCUT2D eigenvalue weighted by atomic mass is 9.85. The van der Waals surface area contributed by atoms with Crippen LogP contribution in [0, 0.1) is 0 Å². The molecule has 2 aromatic carbocycles. The van der Waals surface area contributed by atoms with Gasteiger partial charge in [0.05, 0.1) is 11.3 Å². The minimum absolute atomic E-state index is 0.0254. The molecule has 1 aliphatic rings. The van der Waals surface area contributed by atoms with Crippen molar-refractivity contribution < 1.29 is 18.0 Å². The van der Waals surface area contributed by atoms with Crippen LogP contribution in [-0.4, -0.2) is 43.1 Å². The molecule has 178 valence electrons. The Hall–Kier alpha value is -3.53. The van der Waals surface area contributed by atoms with Crippen LogP contribution in [0.3, 0.4) is 0 Å². The number of aromatic nitrogens is 2. The SMILES string of the molecule is CC(C)(C)c1cc(N2CCC(=O)NC2=O)cc2c(Nc3ccc(CS(C)(=O)=O)cc3)ncnc12. The summed E-state index contributed by atoms with van der Waals surface area (Å²) >= 11 is 0. The number of hydrogen-bond donors (Lipinski definition) is 2. The maximum atomic E-state index is 12.5. The third-order valence-corrected chi connectivity index (χ3v) is 6.40. The van der Waals surface area contributed by atoms with Crippen LogP contribution in [0.5, 0.6) is 0 Å². The molecule has 0 bridgehead atoms. The Morgan fingerprint density at radius 1 is 1.09 bits per heavy atom. The first-order valence-corrected chi connectivity index (χ1v) is 12.9. The van der Waals surface area contributed by atoms with Crippen LogP contribution in [0.4, 0.5) is 22.0 Å². The summed E-state index contributed by atoms with van der Waals surface area (Å²) in [5.41, 5.74) is 3.53. The number of hydrogen-bond acceptors (Lipinski definition) is 7. The summed E-state index contributed by atoms with van der Waals surface area (Å²) in [6, 6.07) is 10.4. The number of nitrogens with one attached hydrogen (secondary N) is 2. The predicted octanol–water partition coefficient (Wildman–Crippen LogP) is 3.66. The molecule has 4 rings (SSSR count). The molecule has 10 heteroatoms. The van der Waals surface area contributed by atoms with Crippen LogP contribution >= 0.6 is 0 Å². The fourth-order valence-corrected chi connectivity index (χ4v) is 4.71. The zero-order valence-electron chi connectivity index (χ0n) is 19.5. The van der Waals surface area contributed by atoms with E-state index in [-0.39, 0.29) is 30.0 Å². The van der Waals surface area contributed by atoms with Gasteiger partial charge in [0.2, 0.25) is 5.91 Å². The number of sulfone groups is 1. The van der Waals surface area contributed by atoms with E-state index in [1.807, 2.05) is 12.1 Å². The third-order valence-electron chi connectivity index (χ3n) is 5.54. The van der Waals surface area contributed by atoms with Crippen molar-refractivity contribution in [3.05, 3.63) is 53.9 Å². The Labute approximate surface area is 198 Å². The van der Waals surface area contributed by atoms with E-state index < -0.39 is 15.9 Å². The Bertz CT molecular complexity index is 1380. The largest absolute Gasteiger partial charge is 0.340 e. The Morgan fingerprint density at radius 2 is 1.79 bits per heavy atom. The van der Waals surface area contributed by atoms with Gasteiger partial charge in [-0.2, -0.15) is 0 Å². The fraction of sp³-hybridized carbons (Fsp3) is 0.333. The smallest absolute Gasteiger partial charge is 0.328 e. The average molecular weight is 482 g/mol. The van der Waals surface area contributed by atoms with Crippen LogP contribution in [0.2, 0.25) is 0 Å². The van der Waals surface area contributed by atoms with Gasteiger partial charge in [-0.3, -0.25) is 15.0 Å². The first-order valence-electron chi connectivity index (χ1n) is 10.8. The molecule has 3 amide bonds. The Morgan fingerprint density at radius 3 is 2.41 bits per heavy atom. The first-order chi connectivity index (χ1) is 15.9. The van der Waals surface area contributed by atoms with Crippen molar-refractivity contribution in [2.24, 2.45) is 0 Å². The Balaban J connectivity index is 1.77. The molecule has 0 atom stereocenters. The summed E-state index contributed by atoms with van der Waals surface area (Å²) in [6.45, 7) is 6.50. The summed E-state index contributed by atoms with van der Waals surface area (Å²) in [7, 11) is -3.12. The number of carbonyl (C=O) groups excluding carboxylic acids is 2. The van der Waals surface area contributed by atoms with Crippen LogP contribution in [-0.2, 0) is 25.8 Å². The number of rotatable bonds is 5. The molecule has 1 aliphatic heterocycles. The summed E-state index contributed by atoms with van der Waals surface area (Å²) in [5.74, 6) is 0.243. The van der Waals surface area contributed by atoms with E-state index in [0.717, 1.165) is 22.2 Å². The molecular formula is C24H27N5O4S. The highest BCUT2D eigenvalue weighted by molar-refractivity contribution is 7.89. The molecule has 1 fully saturated rings. The van der Waals surface area contributed by atoms with Gasteiger partial charge in [0.1, 0.15) is 12.1 Å². The zero-order valence-corrected chi connectivity index (χ0v) is 20.4. The molecule has 9 nitrogen and oxygen atoms in total. The Kier molecular flexibility index (Phi) is 6.03. The maximum absolute atomic E-state index is 12.5. The molecule has 1 saturated heterocycles. The second kappa shape index (κ2) is 8.68. The van der Waals surface area contributed by atoms with E-state index in [4.69, 9.17) is 0 Å². The van der Waals surface area contributed by atoms with E-state index >= 15 is 0 Å². The van der Waals surface area contributed by atoms with Gasteiger partial charge < -0.3 is 5.32 Å². The number of amides is 3. The molecule has 0 unspecified atom stereocenters. The lowest BCUT2D eigenvalue weighted by Gasteiger charge is -2.29. The van der Waals surface area contributed by atoms with E-state index in [1.165, 1.54) is 12.6 Å². The number of imide groups is 1. The highest BCUT2D eigenvalue weighted by atomic mass is 32.2. The van der Waals surface area contributed by atoms with Crippen molar-refractivity contribution >= 4 is 49.9 Å². The van der Waals surface area contributed by atoms with Crippen molar-refractivity contribution in [3.8, 4) is 0 Å². The van der Waals surface area contributed by atoms with Crippen molar-refractivity contribution in [1.82, 2.24) is 15.3 Å². The van der Waals surface area contributed by atoms with E-state index in [0.29, 0.717) is 17.1 Å². The number of carbonyl (C=O) groups is 2. The molecule has 0 aliphatic carbocycles. The lowest BCUT2D eigenvalue weighted by molar-refractivity contribution is -0.120. The van der Waals surface area contributed by atoms with Crippen molar-refractivity contribution in [1.29, 1.82) is 0 Å². The van der Waals surface area contributed by atoms with Gasteiger partial charge in [0.15, 0.2) is 9.84 Å². The quantitative estimate of drug-likeness (QED) is 0.570. The molecule has 0 spiro atoms. The molecule has 1 aromatic heterocycles. The van der Waals surface area contributed by atoms with E-state index in [2.05, 4.69) is 41.4 Å². The normalized spacial score (nSPS) is 14.9. The number of fused-ring (bicyclic) bond motifs is 1. The first kappa shape index (κ1) is 23.6. The number of benzene rings is 2. The third kappa shape index (κ3) is 5.17. The minimum Gasteiger partial charge on any atom is -0.340 e. The molecule has 0 radical (unpaired) electrons. The average Bonchev–Trinajstić information content (AvgIpc) is 2.73. The maximum Gasteiger partial charge on any atom is 0.328 e. The second-order valence-electron chi connectivity index (χ2n) is 9.51. The van der Waals surface area contributed by atoms with Crippen molar-refractivity contribution in [3.63, 3.8) is 0 Å². The number of nitrogens with zero attached hydrogens (tertiary/aromatic N) is 3. The summed E-state index contributed by atoms with van der Waals surface area (Å²) in [5, 5.41) is 6.39. The van der Waals surface area contributed by atoms with Crippen molar-refractivity contribution in [2.45, 2.75) is 38.4 Å². The van der Waals surface area contributed by atoms with Crippen LogP contribution in [0.25, 0.3) is 10.9 Å². The zero-order chi connectivity index (χ0) is 24.7. The fourth-order valence-electron chi connectivity index (χ4n) is 3.91. The molecular weight excluding hydrogens is 454 g/mol. The summed E-state index contributed by atoms with van der Waals surface area (Å²) < 4.78 is 23.1. The standard InChI is InChI=1S/C24H27N5O4S/c1-24(2,3)19-12-17(29-10-9-20(30)28-23(29)31)11-18-21(19)25-14-26-22(18)27-16-7-5-15(6-8-16)13-34(4,32)33/h5-8,11-12,14H,9-10,13H2,1-4H3,(H,25,26,27)(H,28,30,31). The molecule has 3 aromatic rings. The van der Waals surface area contributed by atoms with Gasteiger partial charge in [0.25, 0.3) is 0 Å². The van der Waals surface area contributed by atoms with Gasteiger partial charge in [-0.25, -0.2) is 23.2 Å². The van der Waals surface area contributed by atoms with E-state index in [9.17, 15) is 18.0 Å². The minimum atomic E-state index is -3.12. The number of anilines is 3. The topological polar surface area (TPSA) is 121 Å². The van der Waals surface area contributed by atoms with Gasteiger partial charge in [-0.15, -0.1) is 0 Å². The highest BCUT2D eigenvalue weighted by Gasteiger charge is 2.27. The van der Waals surface area contributed by atoms with Gasteiger partial charge >= 0.3 is 6.03 Å². The lowest BCUT2D eigenvalue weighted by Crippen LogP contribution is -2.49. The molecule has 2 heterocycles. The monoisotopic (exact) mass is 481 g/mol. The predicted molar refractivity (Wildman–Crippen MR) is 132 cm³/mol. The molecule has 2 N–H and O–H groups in total. The van der Waals surface area contributed by atoms with Gasteiger partial charge in [0, 0.05) is 36.0 Å². The molecule has 34 heavy (non-hydrogen) atoms. The van der Waals surface area contributed by atoms with E-state index in [1.54, 1.807) is 29.2 Å². The van der Waals surface area contributed by atoms with Crippen molar-refractivity contribution in [2.75, 3.05) is 23.0 Å². The summed E-state index contributed by atoms with van der Waals surface area (Å²) in [4.78, 5) is 34.7. The second-order valence-corrected chi connectivity index (χ2v) is 11.6. The van der Waals surface area contributed by atoms with Crippen LogP contribution in [0.1, 0.15) is 38.3 Å². The summed E-state index contributed by atoms with van der Waals surface area (Å²) in [6.07, 6.45) is 2.92. The number of urea groups is 1. The van der Waals surface area contributed by atoms with Crippen LogP contribution < -0.4 is 15.5 Å².